The smallest absolute Gasteiger partial charge is 0.465 e. The van der Waals surface area contributed by atoms with Crippen LogP contribution in [0.3, 0.4) is 0 Å². The first-order valence-corrected chi connectivity index (χ1v) is 14.3. The molecule has 0 saturated carbocycles. The Labute approximate surface area is 250 Å². The number of alkyl halides is 3. The van der Waals surface area contributed by atoms with Crippen LogP contribution in [0.5, 0.6) is 0 Å². The molecule has 0 radical (unpaired) electrons. The number of hydrogen-bond donors (Lipinski definition) is 1. The van der Waals surface area contributed by atoms with Gasteiger partial charge in [0.15, 0.2) is 0 Å². The Morgan fingerprint density at radius 1 is 0.907 bits per heavy atom. The Hall–Kier alpha value is -3.89. The maximum absolute atomic E-state index is 13.2. The summed E-state index contributed by atoms with van der Waals surface area (Å²) in [5.41, 5.74) is 1.98. The van der Waals surface area contributed by atoms with Gasteiger partial charge >= 0.3 is 18.1 Å². The van der Waals surface area contributed by atoms with E-state index in [-0.39, 0.29) is 42.6 Å². The summed E-state index contributed by atoms with van der Waals surface area (Å²) in [6.07, 6.45) is -4.38. The second-order valence-electron chi connectivity index (χ2n) is 10.7. The molecular formula is C32H41F3N2O6. The Kier molecular flexibility index (Phi) is 13.7. The van der Waals surface area contributed by atoms with Crippen molar-refractivity contribution in [1.29, 1.82) is 0 Å². The molecule has 2 aromatic carbocycles. The summed E-state index contributed by atoms with van der Waals surface area (Å²) in [4.78, 5) is 50.8. The molecule has 3 atom stereocenters. The zero-order valence-corrected chi connectivity index (χ0v) is 25.3. The fourth-order valence-electron chi connectivity index (χ4n) is 5.00. The number of halogens is 3. The molecule has 0 aliphatic carbocycles. The fourth-order valence-corrected chi connectivity index (χ4v) is 5.00. The quantitative estimate of drug-likeness (QED) is 0.235. The summed E-state index contributed by atoms with van der Waals surface area (Å²) in [7, 11) is 4.50. The number of ether oxygens (including phenoxy) is 2. The molecule has 0 aliphatic rings. The average molecular weight is 607 g/mol. The van der Waals surface area contributed by atoms with E-state index in [2.05, 4.69) is 5.32 Å². The Bertz CT molecular complexity index is 1230. The molecule has 0 saturated heterocycles. The molecule has 43 heavy (non-hydrogen) atoms. The summed E-state index contributed by atoms with van der Waals surface area (Å²) < 4.78 is 49.4. The summed E-state index contributed by atoms with van der Waals surface area (Å²) in [6.45, 7) is 3.56. The number of amides is 2. The minimum atomic E-state index is -5.14. The van der Waals surface area contributed by atoms with Crippen LogP contribution in [-0.2, 0) is 23.9 Å². The Morgan fingerprint density at radius 2 is 1.56 bits per heavy atom. The zero-order chi connectivity index (χ0) is 32.2. The number of hydrogen-bond acceptors (Lipinski definition) is 6. The van der Waals surface area contributed by atoms with Gasteiger partial charge in [0.2, 0.25) is 11.8 Å². The van der Waals surface area contributed by atoms with Gasteiger partial charge in [-0.3, -0.25) is 9.59 Å². The number of para-hydroxylation sites is 1. The van der Waals surface area contributed by atoms with Gasteiger partial charge < -0.3 is 19.7 Å². The Balaban J connectivity index is 2.23. The highest BCUT2D eigenvalue weighted by atomic mass is 19.4. The van der Waals surface area contributed by atoms with Crippen molar-refractivity contribution in [2.24, 2.45) is 5.92 Å². The van der Waals surface area contributed by atoms with Gasteiger partial charge in [-0.15, -0.1) is 0 Å². The number of anilines is 1. The van der Waals surface area contributed by atoms with Crippen LogP contribution in [0.15, 0.2) is 48.5 Å². The van der Waals surface area contributed by atoms with Crippen LogP contribution in [0.1, 0.15) is 79.3 Å². The van der Waals surface area contributed by atoms with Crippen LogP contribution in [0.2, 0.25) is 0 Å². The van der Waals surface area contributed by atoms with Gasteiger partial charge in [-0.25, -0.2) is 9.59 Å². The number of nitrogens with one attached hydrogen (secondary N) is 1. The molecule has 0 aliphatic heterocycles. The van der Waals surface area contributed by atoms with Gasteiger partial charge in [-0.05, 0) is 62.1 Å². The number of carbonyl (C=O) groups excluding carboxylic acids is 4. The van der Waals surface area contributed by atoms with Crippen LogP contribution in [0, 0.1) is 12.8 Å². The molecule has 0 heterocycles. The lowest BCUT2D eigenvalue weighted by molar-refractivity contribution is -0.206. The number of benzene rings is 2. The summed E-state index contributed by atoms with van der Waals surface area (Å²) in [5.74, 6) is -4.02. The van der Waals surface area contributed by atoms with E-state index in [0.29, 0.717) is 36.9 Å². The van der Waals surface area contributed by atoms with Crippen molar-refractivity contribution in [3.8, 4) is 0 Å². The first-order chi connectivity index (χ1) is 20.3. The van der Waals surface area contributed by atoms with Crippen LogP contribution in [-0.4, -0.2) is 62.1 Å². The number of methoxy groups -OCH3 is 1. The molecular weight excluding hydrogens is 565 g/mol. The van der Waals surface area contributed by atoms with Crippen molar-refractivity contribution in [3.05, 3.63) is 65.2 Å². The van der Waals surface area contributed by atoms with Gasteiger partial charge in [0, 0.05) is 32.9 Å². The largest absolute Gasteiger partial charge is 0.490 e. The third kappa shape index (κ3) is 11.0. The summed E-state index contributed by atoms with van der Waals surface area (Å²) in [5, 5.41) is 2.78. The highest BCUT2D eigenvalue weighted by Crippen LogP contribution is 2.33. The van der Waals surface area contributed by atoms with E-state index in [0.717, 1.165) is 5.56 Å². The first-order valence-electron chi connectivity index (χ1n) is 14.3. The predicted molar refractivity (Wildman–Crippen MR) is 156 cm³/mol. The van der Waals surface area contributed by atoms with E-state index < -0.39 is 30.1 Å². The van der Waals surface area contributed by atoms with Crippen molar-refractivity contribution in [2.45, 2.75) is 77.0 Å². The van der Waals surface area contributed by atoms with Gasteiger partial charge in [0.25, 0.3) is 0 Å². The predicted octanol–water partition coefficient (Wildman–Crippen LogP) is 6.43. The monoisotopic (exact) mass is 606 g/mol. The lowest BCUT2D eigenvalue weighted by Gasteiger charge is -2.29. The highest BCUT2D eigenvalue weighted by Gasteiger charge is 2.43. The average Bonchev–Trinajstić information content (AvgIpc) is 2.97. The normalized spacial score (nSPS) is 13.4. The van der Waals surface area contributed by atoms with Crippen LogP contribution < -0.4 is 5.32 Å². The fraction of sp³-hybridized carbons (Fsp3) is 0.500. The molecule has 11 heteroatoms. The van der Waals surface area contributed by atoms with E-state index in [9.17, 15) is 32.3 Å². The van der Waals surface area contributed by atoms with E-state index in [1.54, 1.807) is 69.6 Å². The van der Waals surface area contributed by atoms with E-state index in [1.807, 2.05) is 6.92 Å². The summed E-state index contributed by atoms with van der Waals surface area (Å²) in [6, 6.07) is 13.9. The molecule has 8 nitrogen and oxygen atoms in total. The van der Waals surface area contributed by atoms with Crippen molar-refractivity contribution in [3.63, 3.8) is 0 Å². The van der Waals surface area contributed by atoms with E-state index in [1.165, 1.54) is 12.0 Å². The summed E-state index contributed by atoms with van der Waals surface area (Å²) >= 11 is 0. The number of esters is 2. The van der Waals surface area contributed by atoms with E-state index >= 15 is 0 Å². The number of aryl methyl sites for hydroxylation is 1. The molecule has 2 rings (SSSR count). The van der Waals surface area contributed by atoms with Gasteiger partial charge in [0.1, 0.15) is 6.10 Å². The van der Waals surface area contributed by atoms with Crippen molar-refractivity contribution in [1.82, 2.24) is 4.90 Å². The molecule has 0 bridgehead atoms. The topological polar surface area (TPSA) is 102 Å². The molecule has 0 aromatic heterocycles. The molecule has 3 unspecified atom stereocenters. The second-order valence-corrected chi connectivity index (χ2v) is 10.7. The third-order valence-electron chi connectivity index (χ3n) is 7.45. The van der Waals surface area contributed by atoms with Gasteiger partial charge in [-0.1, -0.05) is 49.4 Å². The minimum Gasteiger partial charge on any atom is -0.465 e. The van der Waals surface area contributed by atoms with Crippen LogP contribution >= 0.6 is 0 Å². The van der Waals surface area contributed by atoms with E-state index in [4.69, 9.17) is 9.47 Å². The van der Waals surface area contributed by atoms with Crippen LogP contribution in [0.25, 0.3) is 0 Å². The lowest BCUT2D eigenvalue weighted by Crippen LogP contribution is -2.33. The first kappa shape index (κ1) is 35.3. The molecule has 236 valence electrons. The van der Waals surface area contributed by atoms with Gasteiger partial charge in [-0.2, -0.15) is 13.2 Å². The molecule has 1 N–H and O–H groups in total. The molecule has 0 spiro atoms. The standard InChI is InChI=1S/C32H41F3N2O6/c1-6-24(23-12-8-7-9-13-23)26(43-31(41)32(33,34)35)18-15-22(17-20-28(39)37(3)4)16-19-27(38)36-29-21(2)11-10-14-25(29)30(40)42-5/h7-14,22,24,26H,6,15-20H2,1-5H3,(H,36,38). The van der Waals surface area contributed by atoms with Crippen molar-refractivity contribution < 1.29 is 41.8 Å². The molecule has 2 amide bonds. The minimum absolute atomic E-state index is 0.0403. The maximum atomic E-state index is 13.2. The lowest BCUT2D eigenvalue weighted by atomic mass is 9.84. The van der Waals surface area contributed by atoms with Crippen LogP contribution in [0.4, 0.5) is 18.9 Å². The SMILES string of the molecule is CCC(c1ccccc1)C(CCC(CCC(=O)Nc1c(C)cccc1C(=O)OC)CCC(=O)N(C)C)OC(=O)C(F)(F)F. The molecule has 2 aromatic rings. The highest BCUT2D eigenvalue weighted by molar-refractivity contribution is 6.02. The second kappa shape index (κ2) is 16.7. The number of carbonyl (C=O) groups is 4. The number of rotatable bonds is 15. The zero-order valence-electron chi connectivity index (χ0n) is 25.3. The van der Waals surface area contributed by atoms with Gasteiger partial charge in [0.05, 0.1) is 18.4 Å². The Morgan fingerprint density at radius 3 is 2.14 bits per heavy atom. The number of nitrogens with zero attached hydrogens (tertiary/aromatic N) is 1. The maximum Gasteiger partial charge on any atom is 0.490 e. The van der Waals surface area contributed by atoms with Crippen molar-refractivity contribution >= 4 is 29.4 Å². The third-order valence-corrected chi connectivity index (χ3v) is 7.45. The van der Waals surface area contributed by atoms with Crippen molar-refractivity contribution in [2.75, 3.05) is 26.5 Å². The molecule has 0 fully saturated rings.